The topological polar surface area (TPSA) is 131 Å². The Labute approximate surface area is 234 Å². The maximum Gasteiger partial charge on any atom is 0.426 e. The van der Waals surface area contributed by atoms with Gasteiger partial charge in [-0.2, -0.15) is 5.10 Å². The van der Waals surface area contributed by atoms with Crippen LogP contribution in [0.2, 0.25) is 12.6 Å². The van der Waals surface area contributed by atoms with Crippen LogP contribution < -0.4 is 10.7 Å². The van der Waals surface area contributed by atoms with Crippen molar-refractivity contribution >= 4 is 38.9 Å². The molecule has 0 saturated heterocycles. The Morgan fingerprint density at radius 1 is 1.31 bits per heavy atom. The zero-order valence-electron chi connectivity index (χ0n) is 22.7. The molecule has 3 atom stereocenters. The predicted molar refractivity (Wildman–Crippen MR) is 144 cm³/mol. The van der Waals surface area contributed by atoms with Gasteiger partial charge in [0.1, 0.15) is 41.5 Å². The van der Waals surface area contributed by atoms with Gasteiger partial charge in [-0.15, -0.1) is 0 Å². The molecule has 0 bridgehead atoms. The summed E-state index contributed by atoms with van der Waals surface area (Å²) >= 11 is 5.57. The van der Waals surface area contributed by atoms with Gasteiger partial charge in [-0.05, 0) is 52.4 Å². The number of nitrogens with zero attached hydrogens (tertiary/aromatic N) is 4. The zero-order chi connectivity index (χ0) is 29.4. The summed E-state index contributed by atoms with van der Waals surface area (Å²) in [5.74, 6) is -2.45. The van der Waals surface area contributed by atoms with Crippen LogP contribution in [0.3, 0.4) is 0 Å². The molecule has 0 aliphatic carbocycles. The summed E-state index contributed by atoms with van der Waals surface area (Å²) in [7, 11) is 1.79. The minimum atomic E-state index is -2.17. The predicted octanol–water partition coefficient (Wildman–Crippen LogP) is 2.55. The molecule has 214 valence electrons. The summed E-state index contributed by atoms with van der Waals surface area (Å²) in [6, 6.07) is 1.33. The van der Waals surface area contributed by atoms with Crippen molar-refractivity contribution < 1.29 is 33.0 Å². The fraction of sp³-hybridized carbons (Fsp3) is 0.542. The molecule has 2 aromatic rings. The van der Waals surface area contributed by atoms with Crippen LogP contribution in [0.5, 0.6) is 0 Å². The second kappa shape index (κ2) is 13.8. The lowest BCUT2D eigenvalue weighted by Gasteiger charge is -2.42. The summed E-state index contributed by atoms with van der Waals surface area (Å²) in [6.45, 7) is 8.06. The monoisotopic (exact) mass is 584 g/mol. The molecule has 15 heteroatoms. The summed E-state index contributed by atoms with van der Waals surface area (Å²) < 4.78 is 40.4. The van der Waals surface area contributed by atoms with Gasteiger partial charge in [0, 0.05) is 21.1 Å². The maximum absolute atomic E-state index is 15.1. The minimum Gasteiger partial charge on any atom is -0.467 e. The molecule has 0 saturated carbocycles. The first-order valence-corrected chi connectivity index (χ1v) is 14.2. The molecule has 0 fully saturated rings. The van der Waals surface area contributed by atoms with Crippen molar-refractivity contribution in [2.75, 3.05) is 7.11 Å². The van der Waals surface area contributed by atoms with Gasteiger partial charge in [-0.1, -0.05) is 18.7 Å². The third-order valence-electron chi connectivity index (χ3n) is 5.64. The van der Waals surface area contributed by atoms with Crippen molar-refractivity contribution in [1.82, 2.24) is 30.5 Å². The van der Waals surface area contributed by atoms with Crippen molar-refractivity contribution in [3.8, 4) is 0 Å². The number of thiocarbonyl (C=S) groups is 1. The largest absolute Gasteiger partial charge is 0.467 e. The van der Waals surface area contributed by atoms with Crippen LogP contribution in [-0.2, 0) is 26.4 Å². The van der Waals surface area contributed by atoms with Crippen LogP contribution >= 0.6 is 12.2 Å². The van der Waals surface area contributed by atoms with Crippen LogP contribution in [0, 0.1) is 11.6 Å². The highest BCUT2D eigenvalue weighted by atomic mass is 32.1. The normalized spacial score (nSPS) is 14.5. The summed E-state index contributed by atoms with van der Waals surface area (Å²) in [6.07, 6.45) is 1.99. The van der Waals surface area contributed by atoms with E-state index in [1.807, 2.05) is 6.55 Å². The number of aliphatic hydroxyl groups is 1. The first kappa shape index (κ1) is 32.0. The molecule has 11 nitrogen and oxygen atoms in total. The molecule has 1 amide bonds. The van der Waals surface area contributed by atoms with Gasteiger partial charge in [-0.25, -0.2) is 33.5 Å². The van der Waals surface area contributed by atoms with Crippen LogP contribution in [-0.4, -0.2) is 76.4 Å². The summed E-state index contributed by atoms with van der Waals surface area (Å²) in [5.41, 5.74) is -0.849. The SMILES string of the molecule is COC(=O)[C@H](CC[Si]C)NC(=S)N(NC(=O)OC(C)(C)C)[C@H](C)[C@](O)(Cn1cncn1)c1ccc(F)cc1F. The van der Waals surface area contributed by atoms with E-state index < -0.39 is 47.0 Å². The van der Waals surface area contributed by atoms with E-state index in [2.05, 4.69) is 20.8 Å². The number of hydrogen-bond donors (Lipinski definition) is 3. The molecule has 2 rings (SSSR count). The number of halogens is 2. The fourth-order valence-corrected chi connectivity index (χ4v) is 4.60. The molecule has 0 spiro atoms. The van der Waals surface area contributed by atoms with E-state index in [1.54, 1.807) is 20.8 Å². The first-order chi connectivity index (χ1) is 18.2. The summed E-state index contributed by atoms with van der Waals surface area (Å²) in [5, 5.41) is 19.8. The van der Waals surface area contributed by atoms with Gasteiger partial charge < -0.3 is 19.9 Å². The lowest BCUT2D eigenvalue weighted by atomic mass is 9.86. The number of esters is 1. The van der Waals surface area contributed by atoms with Gasteiger partial charge in [-0.3, -0.25) is 5.01 Å². The highest BCUT2D eigenvalue weighted by Gasteiger charge is 2.44. The molecule has 2 radical (unpaired) electrons. The number of aromatic nitrogens is 3. The molecule has 39 heavy (non-hydrogen) atoms. The number of carbonyl (C=O) groups is 2. The zero-order valence-corrected chi connectivity index (χ0v) is 24.5. The number of amides is 1. The van der Waals surface area contributed by atoms with E-state index in [4.69, 9.17) is 21.7 Å². The van der Waals surface area contributed by atoms with Gasteiger partial charge in [0.25, 0.3) is 0 Å². The number of hydrogen-bond acceptors (Lipinski definition) is 8. The second-order valence-electron chi connectivity index (χ2n) is 9.72. The van der Waals surface area contributed by atoms with Crippen LogP contribution in [0.1, 0.15) is 39.7 Å². The second-order valence-corrected chi connectivity index (χ2v) is 11.3. The van der Waals surface area contributed by atoms with Crippen molar-refractivity contribution in [1.29, 1.82) is 0 Å². The lowest BCUT2D eigenvalue weighted by molar-refractivity contribution is -0.142. The Morgan fingerprint density at radius 3 is 2.54 bits per heavy atom. The van der Waals surface area contributed by atoms with Gasteiger partial charge in [0.2, 0.25) is 0 Å². The number of carbonyl (C=O) groups excluding carboxylic acids is 2. The fourth-order valence-electron chi connectivity index (χ4n) is 3.68. The van der Waals surface area contributed by atoms with E-state index >= 15 is 4.39 Å². The van der Waals surface area contributed by atoms with E-state index in [1.165, 1.54) is 31.4 Å². The number of ether oxygens (including phenoxy) is 2. The number of rotatable bonds is 10. The van der Waals surface area contributed by atoms with Gasteiger partial charge in [0.15, 0.2) is 5.11 Å². The average molecular weight is 585 g/mol. The highest BCUT2D eigenvalue weighted by molar-refractivity contribution is 7.80. The molecular formula is C24H34F2N6O5SSi. The molecule has 0 aliphatic rings. The van der Waals surface area contributed by atoms with E-state index in [9.17, 15) is 19.1 Å². The van der Waals surface area contributed by atoms with Crippen LogP contribution in [0.25, 0.3) is 0 Å². The molecule has 0 aliphatic heterocycles. The third-order valence-corrected chi connectivity index (χ3v) is 6.74. The van der Waals surface area contributed by atoms with Crippen molar-refractivity contribution in [3.05, 3.63) is 48.1 Å². The molecule has 1 aromatic carbocycles. The van der Waals surface area contributed by atoms with Crippen molar-refractivity contribution in [2.45, 2.75) is 76.5 Å². The Bertz CT molecular complexity index is 1140. The number of methoxy groups -OCH3 is 1. The summed E-state index contributed by atoms with van der Waals surface area (Å²) in [4.78, 5) is 29.1. The quantitative estimate of drug-likeness (QED) is 0.166. The van der Waals surface area contributed by atoms with Gasteiger partial charge in [0.05, 0.1) is 19.7 Å². The van der Waals surface area contributed by atoms with E-state index in [0.29, 0.717) is 28.1 Å². The molecule has 3 N–H and O–H groups in total. The lowest BCUT2D eigenvalue weighted by Crippen LogP contribution is -2.63. The molecule has 1 heterocycles. The minimum absolute atomic E-state index is 0.178. The van der Waals surface area contributed by atoms with Crippen molar-refractivity contribution in [3.63, 3.8) is 0 Å². The van der Waals surface area contributed by atoms with Crippen molar-refractivity contribution in [2.24, 2.45) is 0 Å². The van der Waals surface area contributed by atoms with Crippen LogP contribution in [0.4, 0.5) is 13.6 Å². The van der Waals surface area contributed by atoms with E-state index in [0.717, 1.165) is 17.1 Å². The molecule has 1 aromatic heterocycles. The number of nitrogens with one attached hydrogen (secondary N) is 2. The highest BCUT2D eigenvalue weighted by Crippen LogP contribution is 2.32. The maximum atomic E-state index is 15.1. The Kier molecular flexibility index (Phi) is 11.3. The average Bonchev–Trinajstić information content (AvgIpc) is 3.35. The molecule has 0 unspecified atom stereocenters. The number of hydrazine groups is 1. The number of benzene rings is 1. The third kappa shape index (κ3) is 8.93. The van der Waals surface area contributed by atoms with Crippen LogP contribution in [0.15, 0.2) is 30.9 Å². The van der Waals surface area contributed by atoms with E-state index in [-0.39, 0.29) is 17.2 Å². The smallest absolute Gasteiger partial charge is 0.426 e. The standard InChI is InChI=1S/C24H34F2N6O5SSi/c1-15(24(35,12-31-14-27-13-28-31)17-8-7-16(25)11-18(17)26)32(30-22(34)37-23(2,3)4)21(38)29-19(9-10-39-6)20(33)36-5/h7-8,11,13-15,19,35H,9-10,12H2,1-6H3,(H,29,38)(H,30,34)/t15-,19+,24-/m1/s1. The Balaban J connectivity index is 2.56. The molecular weight excluding hydrogens is 550 g/mol. The van der Waals surface area contributed by atoms with Gasteiger partial charge >= 0.3 is 12.1 Å². The Morgan fingerprint density at radius 2 is 2.00 bits per heavy atom. The first-order valence-electron chi connectivity index (χ1n) is 12.0. The Hall–Kier alpha value is -3.17.